The number of nitrogens with one attached hydrogen (secondary N) is 1. The van der Waals surface area contributed by atoms with Crippen LogP contribution >= 0.6 is 11.8 Å². The summed E-state index contributed by atoms with van der Waals surface area (Å²) in [5.41, 5.74) is 1.43. The third-order valence-corrected chi connectivity index (χ3v) is 7.51. The van der Waals surface area contributed by atoms with E-state index in [1.807, 2.05) is 6.92 Å². The first kappa shape index (κ1) is 22.8. The molecule has 10 nitrogen and oxygen atoms in total. The van der Waals surface area contributed by atoms with E-state index in [2.05, 4.69) is 25.6 Å². The molecule has 0 aliphatic heterocycles. The van der Waals surface area contributed by atoms with E-state index in [1.54, 1.807) is 19.1 Å². The maximum atomic E-state index is 14.2. The van der Waals surface area contributed by atoms with Crippen molar-refractivity contribution in [2.45, 2.75) is 74.5 Å². The fourth-order valence-corrected chi connectivity index (χ4v) is 5.10. The maximum absolute atomic E-state index is 14.2. The number of thioether (sulfide) groups is 1. The number of ether oxygens (including phenoxy) is 1. The molecule has 0 bridgehead atoms. The number of aryl methyl sites for hydroxylation is 1. The van der Waals surface area contributed by atoms with Gasteiger partial charge in [0.2, 0.25) is 0 Å². The highest BCUT2D eigenvalue weighted by Gasteiger charge is 2.45. The van der Waals surface area contributed by atoms with E-state index in [1.165, 1.54) is 22.5 Å². The molecule has 194 valence electrons. The van der Waals surface area contributed by atoms with Crippen LogP contribution in [0, 0.1) is 12.7 Å². The highest BCUT2D eigenvalue weighted by atomic mass is 32.2. The number of nitrogens with zero attached hydrogens (tertiary/aromatic N) is 5. The van der Waals surface area contributed by atoms with Gasteiger partial charge >= 0.3 is 0 Å². The summed E-state index contributed by atoms with van der Waals surface area (Å²) in [6.45, 7) is 3.49. The number of fused-ring (bicyclic) bond motifs is 1. The average Bonchev–Trinajstić information content (AvgIpc) is 3.14. The lowest BCUT2D eigenvalue weighted by Gasteiger charge is -2.17. The number of hydrogen-bond donors (Lipinski definition) is 4. The van der Waals surface area contributed by atoms with Crippen LogP contribution in [0.25, 0.3) is 11.2 Å². The van der Waals surface area contributed by atoms with E-state index in [4.69, 9.17) is 12.6 Å². The Morgan fingerprint density at radius 2 is 2.11 bits per heavy atom. The van der Waals surface area contributed by atoms with E-state index < -0.39 is 42.1 Å². The van der Waals surface area contributed by atoms with Crippen molar-refractivity contribution in [3.8, 4) is 0 Å². The summed E-state index contributed by atoms with van der Waals surface area (Å²) < 4.78 is 39.0. The molecule has 5 rings (SSSR count). The molecule has 12 heteroatoms. The molecule has 1 aromatic carbocycles. The van der Waals surface area contributed by atoms with Crippen LogP contribution < -0.4 is 5.32 Å². The predicted molar refractivity (Wildman–Crippen MR) is 133 cm³/mol. The summed E-state index contributed by atoms with van der Waals surface area (Å²) in [4.78, 5) is 9.18. The molecule has 0 radical (unpaired) electrons. The van der Waals surface area contributed by atoms with Gasteiger partial charge in [-0.2, -0.15) is 0 Å². The molecule has 2 fully saturated rings. The van der Waals surface area contributed by atoms with Crippen LogP contribution in [-0.2, 0) is 4.74 Å². The average molecular weight is 521 g/mol. The van der Waals surface area contributed by atoms with Gasteiger partial charge in [0.25, 0.3) is 0 Å². The lowest BCUT2D eigenvalue weighted by Crippen LogP contribution is -2.33. The summed E-state index contributed by atoms with van der Waals surface area (Å²) in [5, 5.41) is 42.2. The zero-order chi connectivity index (χ0) is 27.2. The van der Waals surface area contributed by atoms with Crippen LogP contribution in [0.1, 0.15) is 52.0 Å². The zero-order valence-electron chi connectivity index (χ0n) is 22.1. The summed E-state index contributed by atoms with van der Waals surface area (Å²) in [7, 11) is 0. The number of aromatic nitrogens is 5. The smallest absolute Gasteiger partial charge is 0.191 e. The number of aliphatic hydroxyl groups excluding tert-OH is 3. The van der Waals surface area contributed by atoms with Crippen LogP contribution in [0.4, 0.5) is 10.2 Å². The van der Waals surface area contributed by atoms with E-state index in [0.29, 0.717) is 21.9 Å². The monoisotopic (exact) mass is 520 g/mol. The normalized spacial score (nSPS) is 32.5. The minimum atomic E-state index is -1.49. The van der Waals surface area contributed by atoms with Crippen molar-refractivity contribution in [3.05, 3.63) is 35.1 Å². The molecule has 0 unspecified atom stereocenters. The molecule has 36 heavy (non-hydrogen) atoms. The summed E-state index contributed by atoms with van der Waals surface area (Å²) >= 11 is 1.41. The first-order valence-corrected chi connectivity index (χ1v) is 13.0. The van der Waals surface area contributed by atoms with Gasteiger partial charge in [-0.25, -0.2) is 19.0 Å². The van der Waals surface area contributed by atoms with Gasteiger partial charge in [0.15, 0.2) is 22.1 Å². The Morgan fingerprint density at radius 3 is 2.86 bits per heavy atom. The number of anilines is 1. The fourth-order valence-electron chi connectivity index (χ4n) is 4.41. The summed E-state index contributed by atoms with van der Waals surface area (Å²) in [5.74, 6) is -0.856. The summed E-state index contributed by atoms with van der Waals surface area (Å²) in [6.07, 6.45) is -1.87. The molecule has 6 atom stereocenters. The lowest BCUT2D eigenvalue weighted by molar-refractivity contribution is -0.0629. The predicted octanol–water partition coefficient (Wildman–Crippen LogP) is 2.18. The third kappa shape index (κ3) is 4.92. The zero-order valence-corrected chi connectivity index (χ0v) is 20.9. The second kappa shape index (κ2) is 10.5. The Bertz CT molecular complexity index is 1340. The van der Waals surface area contributed by atoms with Crippen LogP contribution in [0.15, 0.2) is 23.4 Å². The van der Waals surface area contributed by atoms with Crippen molar-refractivity contribution in [1.29, 1.82) is 0 Å². The topological polar surface area (TPSA) is 138 Å². The van der Waals surface area contributed by atoms with Crippen molar-refractivity contribution < 1.29 is 27.2 Å². The standard InChI is InChI=1S/C24H31FN6O4S/c1-3-8-36-24-27-22(26-16-10-14(16)13-5-4-12(2)15(25)9-13)19-23(28-24)31(30-29-19)17-11-18(35-7-6-32)21(34)20(17)33/h4-5,9,14,16-18,20-21,32-34H,3,6-8,10-11H2,1-2H3,(H,26,27,28)/t14-,16+,17+,18-,20-,21+/m0/s1/i14D,16D. The molecule has 0 amide bonds. The molecule has 0 spiro atoms. The highest BCUT2D eigenvalue weighted by molar-refractivity contribution is 7.99. The van der Waals surface area contributed by atoms with Crippen LogP contribution in [-0.4, -0.2) is 83.6 Å². The van der Waals surface area contributed by atoms with Gasteiger partial charge in [-0.05, 0) is 37.0 Å². The van der Waals surface area contributed by atoms with Gasteiger partial charge in [-0.3, -0.25) is 0 Å². The molecule has 3 aromatic rings. The van der Waals surface area contributed by atoms with Gasteiger partial charge in [0.05, 0.1) is 26.7 Å². The largest absolute Gasteiger partial charge is 0.394 e. The number of benzene rings is 1. The molecule has 0 saturated heterocycles. The minimum absolute atomic E-state index is 0.0264. The second-order valence-corrected chi connectivity index (χ2v) is 10.1. The van der Waals surface area contributed by atoms with E-state index in [9.17, 15) is 14.6 Å². The van der Waals surface area contributed by atoms with Crippen LogP contribution in [0.5, 0.6) is 0 Å². The SMILES string of the molecule is [2H][C@@]1(Nc2nc(SCCC)nc3c2nnn3[C@@H]2C[C@H](OCCO)[C@@H](O)[C@H]2O)C[C@@]1([2H])c1ccc(C)c(F)c1. The molecular weight excluding hydrogens is 487 g/mol. The number of aliphatic hydroxyl groups is 3. The van der Waals surface area contributed by atoms with Crippen molar-refractivity contribution in [3.63, 3.8) is 0 Å². The Kier molecular flexibility index (Phi) is 6.67. The highest BCUT2D eigenvalue weighted by Crippen LogP contribution is 2.44. The van der Waals surface area contributed by atoms with Crippen LogP contribution in [0.2, 0.25) is 0 Å². The first-order valence-electron chi connectivity index (χ1n) is 13.0. The maximum Gasteiger partial charge on any atom is 0.191 e. The van der Waals surface area contributed by atoms with Gasteiger partial charge in [-0.15, -0.1) is 5.10 Å². The van der Waals surface area contributed by atoms with Gasteiger partial charge in [0, 0.05) is 25.5 Å². The van der Waals surface area contributed by atoms with Crippen molar-refractivity contribution in [2.24, 2.45) is 0 Å². The fraction of sp³-hybridized carbons (Fsp3) is 0.583. The van der Waals surface area contributed by atoms with Gasteiger partial charge < -0.3 is 25.4 Å². The van der Waals surface area contributed by atoms with E-state index in [0.717, 1.165) is 12.2 Å². The molecule has 2 aromatic heterocycles. The Morgan fingerprint density at radius 1 is 1.28 bits per heavy atom. The Balaban J connectivity index is 1.49. The molecule has 2 aliphatic rings. The first-order chi connectivity index (χ1) is 18.1. The molecular formula is C24H31FN6O4S. The molecule has 4 N–H and O–H groups in total. The molecule has 2 heterocycles. The quantitative estimate of drug-likeness (QED) is 0.232. The van der Waals surface area contributed by atoms with Crippen molar-refractivity contribution in [2.75, 3.05) is 24.3 Å². The third-order valence-electron chi connectivity index (χ3n) is 6.46. The van der Waals surface area contributed by atoms with Gasteiger partial charge in [0.1, 0.15) is 18.0 Å². The number of halogens is 1. The molecule has 2 aliphatic carbocycles. The Labute approximate surface area is 215 Å². The lowest BCUT2D eigenvalue weighted by atomic mass is 10.1. The Hall–Kier alpha value is -2.38. The van der Waals surface area contributed by atoms with E-state index >= 15 is 0 Å². The second-order valence-electron chi connectivity index (χ2n) is 9.05. The number of rotatable bonds is 10. The van der Waals surface area contributed by atoms with Crippen LogP contribution in [0.3, 0.4) is 0 Å². The number of hydrogen-bond acceptors (Lipinski definition) is 10. The van der Waals surface area contributed by atoms with Gasteiger partial charge in [-0.1, -0.05) is 36.0 Å². The molecule has 2 saturated carbocycles. The summed E-state index contributed by atoms with van der Waals surface area (Å²) in [6, 6.07) is 2.39. The van der Waals surface area contributed by atoms with Crippen molar-refractivity contribution in [1.82, 2.24) is 25.0 Å². The van der Waals surface area contributed by atoms with E-state index in [-0.39, 0.29) is 37.4 Å². The minimum Gasteiger partial charge on any atom is -0.394 e. The van der Waals surface area contributed by atoms with Crippen molar-refractivity contribution >= 4 is 28.7 Å².